The zero-order valence-corrected chi connectivity index (χ0v) is 28.6. The molecular formula is C30H44ClN6O10P. The number of nitrogens with zero attached hydrogens (tertiary/aromatic N) is 6. The molecule has 3 aliphatic rings. The van der Waals surface area contributed by atoms with E-state index in [1.807, 2.05) is 4.90 Å². The average molecular weight is 715 g/mol. The summed E-state index contributed by atoms with van der Waals surface area (Å²) in [5.74, 6) is 3.18. The lowest BCUT2D eigenvalue weighted by Gasteiger charge is -2.55. The zero-order valence-electron chi connectivity index (χ0n) is 26.9. The highest BCUT2D eigenvalue weighted by Crippen LogP contribution is 2.43. The van der Waals surface area contributed by atoms with Gasteiger partial charge in [0.25, 0.3) is 0 Å². The maximum Gasteiger partial charge on any atom is 0.350 e. The van der Waals surface area contributed by atoms with Gasteiger partial charge in [-0.25, -0.2) is 4.68 Å². The Morgan fingerprint density at radius 2 is 1.75 bits per heavy atom. The van der Waals surface area contributed by atoms with Crippen molar-refractivity contribution in [1.29, 1.82) is 0 Å². The van der Waals surface area contributed by atoms with Crippen molar-refractivity contribution in [3.8, 4) is 12.3 Å². The van der Waals surface area contributed by atoms with Crippen molar-refractivity contribution in [3.63, 3.8) is 0 Å². The Labute approximate surface area is 284 Å². The third-order valence-corrected chi connectivity index (χ3v) is 9.14. The molecule has 3 saturated heterocycles. The summed E-state index contributed by atoms with van der Waals surface area (Å²) in [6.07, 6.45) is 8.98. The van der Waals surface area contributed by atoms with Crippen molar-refractivity contribution in [2.45, 2.75) is 44.4 Å². The van der Waals surface area contributed by atoms with Gasteiger partial charge in [-0.1, -0.05) is 5.92 Å². The molecule has 0 aromatic carbocycles. The fourth-order valence-electron chi connectivity index (χ4n) is 6.33. The second-order valence-electron chi connectivity index (χ2n) is 12.2. The van der Waals surface area contributed by atoms with Crippen molar-refractivity contribution in [2.75, 3.05) is 96.9 Å². The van der Waals surface area contributed by atoms with Gasteiger partial charge in [-0.3, -0.25) is 9.36 Å². The highest BCUT2D eigenvalue weighted by molar-refractivity contribution is 7.51. The van der Waals surface area contributed by atoms with Gasteiger partial charge in [0.1, 0.15) is 18.8 Å². The summed E-state index contributed by atoms with van der Waals surface area (Å²) in [4.78, 5) is 44.1. The SMILES string of the molecule is C#CCOCCOCCOCCOCCC(=O)N1CCCC2(C1)CN(c1nc(Cl)nc3c1cnn3C1CCC(COCP(=O)(O)O)O1)C2. The first-order valence-electron chi connectivity index (χ1n) is 16.1. The second kappa shape index (κ2) is 17.5. The molecule has 3 fully saturated rings. The predicted octanol–water partition coefficient (Wildman–Crippen LogP) is 1.83. The van der Waals surface area contributed by atoms with Gasteiger partial charge >= 0.3 is 7.60 Å². The van der Waals surface area contributed by atoms with Gasteiger partial charge in [-0.15, -0.1) is 6.42 Å². The molecule has 2 aromatic rings. The number of rotatable bonds is 19. The Bertz CT molecular complexity index is 1450. The summed E-state index contributed by atoms with van der Waals surface area (Å²) >= 11 is 6.38. The van der Waals surface area contributed by atoms with E-state index in [0.29, 0.717) is 83.5 Å². The van der Waals surface area contributed by atoms with Crippen LogP contribution >= 0.6 is 19.2 Å². The van der Waals surface area contributed by atoms with E-state index in [2.05, 4.69) is 25.9 Å². The molecule has 2 N–H and O–H groups in total. The number of terminal acetylenes is 1. The fourth-order valence-corrected chi connectivity index (χ4v) is 6.83. The molecule has 2 aromatic heterocycles. The Morgan fingerprint density at radius 3 is 2.46 bits per heavy atom. The second-order valence-corrected chi connectivity index (χ2v) is 14.1. The summed E-state index contributed by atoms with van der Waals surface area (Å²) in [7, 11) is -4.24. The molecule has 0 radical (unpaired) electrons. The van der Waals surface area contributed by atoms with E-state index in [-0.39, 0.29) is 35.9 Å². The lowest BCUT2D eigenvalue weighted by Crippen LogP contribution is -2.64. The number of hydrogen-bond donors (Lipinski definition) is 2. The van der Waals surface area contributed by atoms with Gasteiger partial charge in [0.15, 0.2) is 11.9 Å². The molecule has 0 aliphatic carbocycles. The number of carbonyl (C=O) groups excluding carboxylic acids is 1. The fraction of sp³-hybridized carbons (Fsp3) is 0.733. The minimum absolute atomic E-state index is 0.0211. The number of hydrogen-bond acceptors (Lipinski definition) is 12. The first-order valence-corrected chi connectivity index (χ1v) is 18.3. The standard InChI is InChI=1S/C30H44ClN6O10P/c1-2-9-42-11-13-44-15-16-45-14-12-43-10-6-25(38)35-8-3-7-30(19-35)20-36(21-30)27-24-17-32-37(28(24)34-29(31)33-27)26-5-4-23(47-26)18-46-22-48(39,40)41/h1,17,23,26H,3-16,18-22H2,(H2,39,40,41). The van der Waals surface area contributed by atoms with Crippen LogP contribution in [0.1, 0.15) is 38.3 Å². The van der Waals surface area contributed by atoms with E-state index in [1.54, 1.807) is 10.9 Å². The van der Waals surface area contributed by atoms with Crippen LogP contribution in [-0.4, -0.2) is 138 Å². The zero-order chi connectivity index (χ0) is 34.0. The molecular weight excluding hydrogens is 671 g/mol. The van der Waals surface area contributed by atoms with Gasteiger partial charge in [0, 0.05) is 31.6 Å². The number of likely N-dealkylation sites (tertiary alicyclic amines) is 1. The first kappa shape index (κ1) is 36.9. The van der Waals surface area contributed by atoms with Gasteiger partial charge in [-0.2, -0.15) is 15.1 Å². The van der Waals surface area contributed by atoms with Crippen LogP contribution < -0.4 is 4.90 Å². The monoisotopic (exact) mass is 714 g/mol. The third kappa shape index (κ3) is 10.3. The average Bonchev–Trinajstić information content (AvgIpc) is 3.68. The number of amides is 1. The van der Waals surface area contributed by atoms with Crippen LogP contribution in [0.2, 0.25) is 5.28 Å². The topological polar surface area (TPSA) is 180 Å². The van der Waals surface area contributed by atoms with Crippen molar-refractivity contribution in [1.82, 2.24) is 24.6 Å². The van der Waals surface area contributed by atoms with Crippen LogP contribution in [0.4, 0.5) is 5.82 Å². The molecule has 48 heavy (non-hydrogen) atoms. The van der Waals surface area contributed by atoms with E-state index in [9.17, 15) is 9.36 Å². The molecule has 16 nitrogen and oxygen atoms in total. The summed E-state index contributed by atoms with van der Waals surface area (Å²) < 4.78 is 45.6. The molecule has 0 bridgehead atoms. The molecule has 1 spiro atoms. The van der Waals surface area contributed by atoms with Gasteiger partial charge in [0.2, 0.25) is 11.2 Å². The van der Waals surface area contributed by atoms with E-state index in [4.69, 9.17) is 56.2 Å². The van der Waals surface area contributed by atoms with Crippen molar-refractivity contribution < 1.29 is 47.6 Å². The van der Waals surface area contributed by atoms with Gasteiger partial charge in [-0.05, 0) is 37.3 Å². The normalized spacial score (nSPS) is 20.8. The Balaban J connectivity index is 1.03. The Kier molecular flexibility index (Phi) is 13.4. The molecule has 1 amide bonds. The highest BCUT2D eigenvalue weighted by Gasteiger charge is 2.47. The first-order chi connectivity index (χ1) is 23.2. The van der Waals surface area contributed by atoms with Gasteiger partial charge < -0.3 is 48.0 Å². The predicted molar refractivity (Wildman–Crippen MR) is 174 cm³/mol. The summed E-state index contributed by atoms with van der Waals surface area (Å²) in [5.41, 5.74) is 0.529. The van der Waals surface area contributed by atoms with E-state index >= 15 is 0 Å². The maximum atomic E-state index is 13.0. The van der Waals surface area contributed by atoms with E-state index in [0.717, 1.165) is 37.9 Å². The summed E-state index contributed by atoms with van der Waals surface area (Å²) in [5, 5.41) is 5.39. The number of carbonyl (C=O) groups is 1. The molecule has 0 saturated carbocycles. The minimum atomic E-state index is -4.24. The van der Waals surface area contributed by atoms with Crippen molar-refractivity contribution in [3.05, 3.63) is 11.5 Å². The number of piperidine rings is 1. The number of aromatic nitrogens is 4. The lowest BCUT2D eigenvalue weighted by atomic mass is 9.73. The number of halogens is 1. The minimum Gasteiger partial charge on any atom is -0.379 e. The van der Waals surface area contributed by atoms with Crippen molar-refractivity contribution >= 4 is 42.0 Å². The molecule has 5 heterocycles. The van der Waals surface area contributed by atoms with Crippen LogP contribution in [-0.2, 0) is 37.8 Å². The Morgan fingerprint density at radius 1 is 1.04 bits per heavy atom. The number of fused-ring (bicyclic) bond motifs is 1. The maximum absolute atomic E-state index is 13.0. The quantitative estimate of drug-likeness (QED) is 0.0931. The lowest BCUT2D eigenvalue weighted by molar-refractivity contribution is -0.136. The van der Waals surface area contributed by atoms with Crippen LogP contribution in [0.15, 0.2) is 6.20 Å². The molecule has 2 atom stereocenters. The summed E-state index contributed by atoms with van der Waals surface area (Å²) in [6.45, 7) is 6.26. The molecule has 2 unspecified atom stereocenters. The summed E-state index contributed by atoms with van der Waals surface area (Å²) in [6, 6.07) is 0. The number of ether oxygens (including phenoxy) is 6. The number of anilines is 1. The largest absolute Gasteiger partial charge is 0.379 e. The highest BCUT2D eigenvalue weighted by atomic mass is 35.5. The molecule has 3 aliphatic heterocycles. The molecule has 18 heteroatoms. The van der Waals surface area contributed by atoms with Crippen LogP contribution in [0, 0.1) is 17.8 Å². The molecule has 5 rings (SSSR count). The van der Waals surface area contributed by atoms with Gasteiger partial charge in [0.05, 0.1) is 77.0 Å². The third-order valence-electron chi connectivity index (χ3n) is 8.46. The van der Waals surface area contributed by atoms with E-state index in [1.165, 1.54) is 0 Å². The Hall–Kier alpha value is -2.42. The van der Waals surface area contributed by atoms with E-state index < -0.39 is 20.2 Å². The van der Waals surface area contributed by atoms with Crippen molar-refractivity contribution in [2.24, 2.45) is 5.41 Å². The van der Waals surface area contributed by atoms with Crippen LogP contribution in [0.5, 0.6) is 0 Å². The van der Waals surface area contributed by atoms with Crippen LogP contribution in [0.25, 0.3) is 11.0 Å². The molecule has 266 valence electrons. The smallest absolute Gasteiger partial charge is 0.350 e. The van der Waals surface area contributed by atoms with Crippen LogP contribution in [0.3, 0.4) is 0 Å².